The summed E-state index contributed by atoms with van der Waals surface area (Å²) < 4.78 is 21.1. The number of carbonyl (C=O) groups excluding carboxylic acids is 1. The van der Waals surface area contributed by atoms with E-state index in [1.54, 1.807) is 4.90 Å². The van der Waals surface area contributed by atoms with Gasteiger partial charge in [0.2, 0.25) is 5.95 Å². The number of fused-ring (bicyclic) bond motifs is 1. The first kappa shape index (κ1) is 24.3. The largest absolute Gasteiger partial charge is 0.376 e. The van der Waals surface area contributed by atoms with E-state index < -0.39 is 0 Å². The number of nitrogens with zero attached hydrogens (tertiary/aromatic N) is 6. The summed E-state index contributed by atoms with van der Waals surface area (Å²) in [7, 11) is 0. The van der Waals surface area contributed by atoms with Crippen LogP contribution in [0.15, 0.2) is 60.9 Å². The summed E-state index contributed by atoms with van der Waals surface area (Å²) >= 11 is 0. The van der Waals surface area contributed by atoms with Crippen molar-refractivity contribution in [3.05, 3.63) is 77.9 Å². The van der Waals surface area contributed by atoms with Crippen molar-refractivity contribution in [1.82, 2.24) is 24.4 Å². The van der Waals surface area contributed by atoms with Crippen molar-refractivity contribution in [2.45, 2.75) is 25.5 Å². The molecule has 2 aliphatic rings. The molecule has 1 atom stereocenters. The highest BCUT2D eigenvalue weighted by molar-refractivity contribution is 5.94. The quantitative estimate of drug-likeness (QED) is 0.403. The Hall–Kier alpha value is -4.05. The standard InChI is InChI=1S/C28H30FN7O2/c29-22-10-8-21(9-11-22)27(37)34-12-14-35(15-13-34)28-32-25(30-17-23-7-4-16-38-23)24-26(33-28)36(19-31-24)18-20-5-2-1-3-6-20/h1-3,5-6,8-11,19,23H,4,7,12-18H2,(H,30,32,33). The maximum absolute atomic E-state index is 13.3. The molecule has 2 fully saturated rings. The van der Waals surface area contributed by atoms with Crippen LogP contribution in [0.2, 0.25) is 0 Å². The first-order chi connectivity index (χ1) is 18.6. The van der Waals surface area contributed by atoms with Gasteiger partial charge in [-0.25, -0.2) is 9.37 Å². The Kier molecular flexibility index (Phi) is 6.87. The molecule has 4 heterocycles. The van der Waals surface area contributed by atoms with Crippen LogP contribution in [0, 0.1) is 5.82 Å². The van der Waals surface area contributed by atoms with E-state index in [2.05, 4.69) is 27.3 Å². The number of halogens is 1. The molecule has 1 amide bonds. The minimum absolute atomic E-state index is 0.0964. The summed E-state index contributed by atoms with van der Waals surface area (Å²) in [4.78, 5) is 31.3. The van der Waals surface area contributed by atoms with Crippen LogP contribution in [0.3, 0.4) is 0 Å². The van der Waals surface area contributed by atoms with E-state index in [0.29, 0.717) is 56.6 Å². The zero-order valence-corrected chi connectivity index (χ0v) is 21.1. The number of ether oxygens (including phenoxy) is 1. The number of hydrogen-bond acceptors (Lipinski definition) is 7. The van der Waals surface area contributed by atoms with Crippen molar-refractivity contribution >= 4 is 28.8 Å². The number of imidazole rings is 1. The molecular weight excluding hydrogens is 485 g/mol. The molecule has 0 spiro atoms. The summed E-state index contributed by atoms with van der Waals surface area (Å²) in [5, 5.41) is 3.47. The second kappa shape index (κ2) is 10.7. The first-order valence-electron chi connectivity index (χ1n) is 13.1. The van der Waals surface area contributed by atoms with Gasteiger partial charge in [0.05, 0.1) is 19.0 Å². The van der Waals surface area contributed by atoms with Gasteiger partial charge < -0.3 is 24.4 Å². The van der Waals surface area contributed by atoms with Crippen LogP contribution in [-0.4, -0.2) is 75.8 Å². The fourth-order valence-corrected chi connectivity index (χ4v) is 4.99. The lowest BCUT2D eigenvalue weighted by atomic mass is 10.2. The van der Waals surface area contributed by atoms with Crippen LogP contribution in [0.4, 0.5) is 16.2 Å². The number of amides is 1. The van der Waals surface area contributed by atoms with Crippen molar-refractivity contribution in [3.8, 4) is 0 Å². The Morgan fingerprint density at radius 2 is 1.82 bits per heavy atom. The Morgan fingerprint density at radius 1 is 1.03 bits per heavy atom. The molecule has 0 bridgehead atoms. The number of hydrogen-bond donors (Lipinski definition) is 1. The predicted molar refractivity (Wildman–Crippen MR) is 143 cm³/mol. The molecule has 196 valence electrons. The SMILES string of the molecule is O=C(c1ccc(F)cc1)N1CCN(c2nc(NCC3CCCO3)c3ncn(Cc4ccccc4)c3n2)CC1. The Morgan fingerprint density at radius 3 is 2.55 bits per heavy atom. The zero-order valence-electron chi connectivity index (χ0n) is 21.1. The summed E-state index contributed by atoms with van der Waals surface area (Å²) in [6.45, 7) is 4.35. The van der Waals surface area contributed by atoms with Gasteiger partial charge in [-0.2, -0.15) is 9.97 Å². The molecule has 2 aromatic carbocycles. The third kappa shape index (κ3) is 5.17. The summed E-state index contributed by atoms with van der Waals surface area (Å²) in [6.07, 6.45) is 4.08. The van der Waals surface area contributed by atoms with Crippen molar-refractivity contribution in [2.24, 2.45) is 0 Å². The second-order valence-corrected chi connectivity index (χ2v) is 9.70. The lowest BCUT2D eigenvalue weighted by Crippen LogP contribution is -2.49. The first-order valence-corrected chi connectivity index (χ1v) is 13.1. The normalized spacial score (nSPS) is 17.8. The molecule has 4 aromatic rings. The second-order valence-electron chi connectivity index (χ2n) is 9.70. The van der Waals surface area contributed by atoms with Gasteiger partial charge in [0.25, 0.3) is 5.91 Å². The minimum atomic E-state index is -0.352. The number of anilines is 2. The van der Waals surface area contributed by atoms with E-state index in [0.717, 1.165) is 36.2 Å². The van der Waals surface area contributed by atoms with Crippen LogP contribution in [0.25, 0.3) is 11.2 Å². The molecule has 0 saturated carbocycles. The predicted octanol–water partition coefficient (Wildman–Crippen LogP) is 3.57. The molecule has 38 heavy (non-hydrogen) atoms. The van der Waals surface area contributed by atoms with Gasteiger partial charge in [0.15, 0.2) is 17.0 Å². The van der Waals surface area contributed by atoms with Crippen LogP contribution >= 0.6 is 0 Å². The van der Waals surface area contributed by atoms with E-state index in [9.17, 15) is 9.18 Å². The van der Waals surface area contributed by atoms with E-state index in [1.165, 1.54) is 24.3 Å². The molecule has 6 rings (SSSR count). The van der Waals surface area contributed by atoms with E-state index in [1.807, 2.05) is 29.1 Å². The van der Waals surface area contributed by atoms with Gasteiger partial charge in [-0.1, -0.05) is 30.3 Å². The highest BCUT2D eigenvalue weighted by atomic mass is 19.1. The van der Waals surface area contributed by atoms with Crippen LogP contribution in [0.1, 0.15) is 28.8 Å². The number of benzene rings is 2. The maximum atomic E-state index is 13.3. The van der Waals surface area contributed by atoms with Crippen LogP contribution in [-0.2, 0) is 11.3 Å². The van der Waals surface area contributed by atoms with Crippen molar-refractivity contribution in [2.75, 3.05) is 49.5 Å². The van der Waals surface area contributed by atoms with E-state index in [-0.39, 0.29) is 17.8 Å². The van der Waals surface area contributed by atoms with Gasteiger partial charge in [-0.15, -0.1) is 0 Å². The molecule has 10 heteroatoms. The highest BCUT2D eigenvalue weighted by Gasteiger charge is 2.26. The van der Waals surface area contributed by atoms with E-state index >= 15 is 0 Å². The topological polar surface area (TPSA) is 88.4 Å². The molecule has 1 unspecified atom stereocenters. The van der Waals surface area contributed by atoms with Crippen molar-refractivity contribution < 1.29 is 13.9 Å². The monoisotopic (exact) mass is 515 g/mol. The van der Waals surface area contributed by atoms with Gasteiger partial charge in [0, 0.05) is 44.9 Å². The van der Waals surface area contributed by atoms with Crippen LogP contribution < -0.4 is 10.2 Å². The average Bonchev–Trinajstić information content (AvgIpc) is 3.63. The van der Waals surface area contributed by atoms with Crippen molar-refractivity contribution in [3.63, 3.8) is 0 Å². The lowest BCUT2D eigenvalue weighted by Gasteiger charge is -2.35. The smallest absolute Gasteiger partial charge is 0.253 e. The number of carbonyl (C=O) groups is 1. The summed E-state index contributed by atoms with van der Waals surface area (Å²) in [5.41, 5.74) is 3.14. The molecule has 0 aliphatic carbocycles. The molecule has 2 aromatic heterocycles. The van der Waals surface area contributed by atoms with E-state index in [4.69, 9.17) is 14.7 Å². The van der Waals surface area contributed by atoms with Gasteiger partial charge in [0.1, 0.15) is 5.82 Å². The number of nitrogens with one attached hydrogen (secondary N) is 1. The van der Waals surface area contributed by atoms with Gasteiger partial charge >= 0.3 is 0 Å². The molecule has 2 aliphatic heterocycles. The molecule has 2 saturated heterocycles. The van der Waals surface area contributed by atoms with Gasteiger partial charge in [-0.3, -0.25) is 4.79 Å². The average molecular weight is 516 g/mol. The minimum Gasteiger partial charge on any atom is -0.376 e. The summed E-state index contributed by atoms with van der Waals surface area (Å²) in [6, 6.07) is 15.9. The Labute approximate surface area is 220 Å². The lowest BCUT2D eigenvalue weighted by molar-refractivity contribution is 0.0746. The molecule has 9 nitrogen and oxygen atoms in total. The van der Waals surface area contributed by atoms with Gasteiger partial charge in [-0.05, 0) is 42.7 Å². The number of rotatable bonds is 7. The molecule has 0 radical (unpaired) electrons. The summed E-state index contributed by atoms with van der Waals surface area (Å²) in [5.74, 6) is 0.850. The third-order valence-corrected chi connectivity index (χ3v) is 7.11. The Bertz CT molecular complexity index is 1400. The molecular formula is C28H30FN7O2. The molecule has 1 N–H and O–H groups in total. The van der Waals surface area contributed by atoms with Crippen LogP contribution in [0.5, 0.6) is 0 Å². The Balaban J connectivity index is 1.24. The highest BCUT2D eigenvalue weighted by Crippen LogP contribution is 2.25. The fraction of sp³-hybridized carbons (Fsp3) is 0.357. The van der Waals surface area contributed by atoms with Crippen molar-refractivity contribution in [1.29, 1.82) is 0 Å². The fourth-order valence-electron chi connectivity index (χ4n) is 4.99. The number of aromatic nitrogens is 4. The third-order valence-electron chi connectivity index (χ3n) is 7.11. The maximum Gasteiger partial charge on any atom is 0.253 e. The number of piperazine rings is 1. The zero-order chi connectivity index (χ0) is 25.9.